The highest BCUT2D eigenvalue weighted by molar-refractivity contribution is 9.10. The maximum absolute atomic E-state index is 10.7. The predicted molar refractivity (Wildman–Crippen MR) is 64.1 cm³/mol. The lowest BCUT2D eigenvalue weighted by molar-refractivity contribution is -0.390. The van der Waals surface area contributed by atoms with E-state index in [0.29, 0.717) is 5.75 Å². The number of imidazole rings is 1. The molecule has 1 aromatic heterocycles. The highest BCUT2D eigenvalue weighted by Gasteiger charge is 2.22. The van der Waals surface area contributed by atoms with E-state index in [1.807, 2.05) is 6.07 Å². The third kappa shape index (κ3) is 2.28. The maximum atomic E-state index is 10.7. The van der Waals surface area contributed by atoms with Crippen molar-refractivity contribution in [1.29, 1.82) is 0 Å². The van der Waals surface area contributed by atoms with Crippen molar-refractivity contribution in [2.45, 2.75) is 0 Å². The first-order chi connectivity index (χ1) is 8.09. The Labute approximate surface area is 105 Å². The van der Waals surface area contributed by atoms with Crippen LogP contribution in [0.15, 0.2) is 35.1 Å². The van der Waals surface area contributed by atoms with Crippen molar-refractivity contribution in [2.24, 2.45) is 7.05 Å². The highest BCUT2D eigenvalue weighted by Crippen LogP contribution is 2.33. The Hall–Kier alpha value is -1.89. The van der Waals surface area contributed by atoms with Crippen molar-refractivity contribution < 1.29 is 9.66 Å². The van der Waals surface area contributed by atoms with E-state index in [2.05, 4.69) is 20.9 Å². The fraction of sp³-hybridized carbons (Fsp3) is 0.100. The van der Waals surface area contributed by atoms with Gasteiger partial charge in [0, 0.05) is 7.05 Å². The van der Waals surface area contributed by atoms with Crippen molar-refractivity contribution in [3.63, 3.8) is 0 Å². The number of halogens is 1. The Kier molecular flexibility index (Phi) is 3.10. The molecule has 88 valence electrons. The first-order valence-corrected chi connectivity index (χ1v) is 5.47. The molecule has 0 saturated carbocycles. The van der Waals surface area contributed by atoms with E-state index in [1.165, 1.54) is 10.9 Å². The van der Waals surface area contributed by atoms with E-state index in [-0.39, 0.29) is 11.7 Å². The van der Waals surface area contributed by atoms with Crippen LogP contribution >= 0.6 is 15.9 Å². The summed E-state index contributed by atoms with van der Waals surface area (Å²) in [7, 11) is 1.63. The van der Waals surface area contributed by atoms with E-state index < -0.39 is 4.92 Å². The van der Waals surface area contributed by atoms with Gasteiger partial charge in [0.2, 0.25) is 6.33 Å². The van der Waals surface area contributed by atoms with Crippen LogP contribution in [-0.4, -0.2) is 14.5 Å². The Morgan fingerprint density at radius 1 is 1.47 bits per heavy atom. The van der Waals surface area contributed by atoms with E-state index >= 15 is 0 Å². The van der Waals surface area contributed by atoms with E-state index in [0.717, 1.165) is 4.47 Å². The first kappa shape index (κ1) is 11.6. The monoisotopic (exact) mass is 297 g/mol. The van der Waals surface area contributed by atoms with E-state index in [1.54, 1.807) is 25.2 Å². The smallest absolute Gasteiger partial charge is 0.427 e. The summed E-state index contributed by atoms with van der Waals surface area (Å²) in [5.41, 5.74) is 0. The number of benzene rings is 1. The molecule has 1 heterocycles. The maximum Gasteiger partial charge on any atom is 0.427 e. The van der Waals surface area contributed by atoms with Gasteiger partial charge in [-0.1, -0.05) is 12.1 Å². The third-order valence-electron chi connectivity index (χ3n) is 2.08. The number of hydrogen-bond donors (Lipinski definition) is 0. The van der Waals surface area contributed by atoms with Crippen LogP contribution in [0.2, 0.25) is 0 Å². The van der Waals surface area contributed by atoms with Gasteiger partial charge in [-0.25, -0.2) is 0 Å². The number of hydrogen-bond acceptors (Lipinski definition) is 4. The molecule has 0 aliphatic carbocycles. The summed E-state index contributed by atoms with van der Waals surface area (Å²) in [5.74, 6) is 0.296. The van der Waals surface area contributed by atoms with Crippen molar-refractivity contribution >= 4 is 21.7 Å². The molecule has 0 spiro atoms. The minimum Gasteiger partial charge on any atom is -0.432 e. The van der Waals surface area contributed by atoms with E-state index in [9.17, 15) is 10.1 Å². The Morgan fingerprint density at radius 3 is 2.82 bits per heavy atom. The van der Waals surface area contributed by atoms with Crippen LogP contribution in [0.25, 0.3) is 0 Å². The Morgan fingerprint density at radius 2 is 2.18 bits per heavy atom. The molecule has 0 aliphatic heterocycles. The Bertz CT molecular complexity index is 568. The molecule has 1 aromatic carbocycles. The van der Waals surface area contributed by atoms with Crippen molar-refractivity contribution in [3.8, 4) is 11.6 Å². The van der Waals surface area contributed by atoms with Crippen LogP contribution in [0.3, 0.4) is 0 Å². The molecule has 0 aliphatic rings. The minimum atomic E-state index is -0.577. The van der Waals surface area contributed by atoms with Crippen LogP contribution in [0.5, 0.6) is 11.6 Å². The van der Waals surface area contributed by atoms with E-state index in [4.69, 9.17) is 4.74 Å². The lowest BCUT2D eigenvalue weighted by atomic mass is 10.3. The van der Waals surface area contributed by atoms with Gasteiger partial charge in [-0.15, -0.1) is 0 Å². The summed E-state index contributed by atoms with van der Waals surface area (Å²) in [6.07, 6.45) is 1.34. The minimum absolute atomic E-state index is 0.0990. The van der Waals surface area contributed by atoms with Crippen LogP contribution in [0.4, 0.5) is 5.82 Å². The lowest BCUT2D eigenvalue weighted by Gasteiger charge is -2.06. The molecule has 0 fully saturated rings. The van der Waals surface area contributed by atoms with Crippen LogP contribution in [-0.2, 0) is 7.05 Å². The average molecular weight is 298 g/mol. The molecule has 0 N–H and O–H groups in total. The summed E-state index contributed by atoms with van der Waals surface area (Å²) >= 11 is 3.30. The second kappa shape index (κ2) is 4.54. The number of para-hydroxylation sites is 1. The molecular weight excluding hydrogens is 290 g/mol. The van der Waals surface area contributed by atoms with Gasteiger partial charge in [0.1, 0.15) is 5.75 Å². The SMILES string of the molecule is Cn1cnc([N+](=O)[O-])c1Oc1ccccc1Br. The van der Waals surface area contributed by atoms with Crippen molar-refractivity contribution in [1.82, 2.24) is 9.55 Å². The molecule has 0 saturated heterocycles. The van der Waals surface area contributed by atoms with Crippen molar-refractivity contribution in [3.05, 3.63) is 45.2 Å². The van der Waals surface area contributed by atoms with Gasteiger partial charge in [-0.3, -0.25) is 4.57 Å². The van der Waals surface area contributed by atoms with Gasteiger partial charge in [0.25, 0.3) is 0 Å². The number of ether oxygens (including phenoxy) is 1. The van der Waals surface area contributed by atoms with Gasteiger partial charge in [-0.05, 0) is 38.0 Å². The standard InChI is InChI=1S/C10H8BrN3O3/c1-13-6-12-9(14(15)16)10(13)17-8-5-3-2-4-7(8)11/h2-6H,1H3. The molecule has 0 atom stereocenters. The first-order valence-electron chi connectivity index (χ1n) is 4.67. The van der Waals surface area contributed by atoms with Gasteiger partial charge in [0.15, 0.2) is 0 Å². The molecule has 0 radical (unpaired) electrons. The zero-order valence-electron chi connectivity index (χ0n) is 8.83. The molecule has 17 heavy (non-hydrogen) atoms. The summed E-state index contributed by atoms with van der Waals surface area (Å²) in [4.78, 5) is 13.8. The second-order valence-electron chi connectivity index (χ2n) is 3.27. The molecule has 2 rings (SSSR count). The zero-order valence-corrected chi connectivity index (χ0v) is 10.4. The number of nitrogens with zero attached hydrogens (tertiary/aromatic N) is 3. The lowest BCUT2D eigenvalue weighted by Crippen LogP contribution is -1.96. The average Bonchev–Trinajstić information content (AvgIpc) is 2.64. The molecule has 0 amide bonds. The number of aromatic nitrogens is 2. The molecular formula is C10H8BrN3O3. The fourth-order valence-corrected chi connectivity index (χ4v) is 1.65. The topological polar surface area (TPSA) is 70.2 Å². The predicted octanol–water partition coefficient (Wildman–Crippen LogP) is 2.88. The van der Waals surface area contributed by atoms with Crippen molar-refractivity contribution in [2.75, 3.05) is 0 Å². The molecule has 0 unspecified atom stereocenters. The van der Waals surface area contributed by atoms with Gasteiger partial charge in [0.05, 0.1) is 4.47 Å². The quantitative estimate of drug-likeness (QED) is 0.645. The van der Waals surface area contributed by atoms with Gasteiger partial charge in [-0.2, -0.15) is 0 Å². The van der Waals surface area contributed by atoms with Crippen LogP contribution < -0.4 is 4.74 Å². The van der Waals surface area contributed by atoms with Crippen LogP contribution in [0.1, 0.15) is 0 Å². The third-order valence-corrected chi connectivity index (χ3v) is 2.74. The summed E-state index contributed by atoms with van der Waals surface area (Å²) < 4.78 is 7.66. The molecule has 2 aromatic rings. The van der Waals surface area contributed by atoms with Gasteiger partial charge >= 0.3 is 11.7 Å². The number of rotatable bonds is 3. The van der Waals surface area contributed by atoms with Crippen LogP contribution in [0, 0.1) is 10.1 Å². The summed E-state index contributed by atoms with van der Waals surface area (Å²) in [6.45, 7) is 0. The summed E-state index contributed by atoms with van der Waals surface area (Å²) in [5, 5.41) is 10.7. The molecule has 7 heteroatoms. The van der Waals surface area contributed by atoms with Gasteiger partial charge < -0.3 is 14.9 Å². The molecule has 6 nitrogen and oxygen atoms in total. The second-order valence-corrected chi connectivity index (χ2v) is 4.13. The number of nitro groups is 1. The highest BCUT2D eigenvalue weighted by atomic mass is 79.9. The fourth-order valence-electron chi connectivity index (χ4n) is 1.28. The largest absolute Gasteiger partial charge is 0.432 e. The summed E-state index contributed by atoms with van der Waals surface area (Å²) in [6, 6.07) is 7.11. The Balaban J connectivity index is 2.39. The molecule has 0 bridgehead atoms. The normalized spacial score (nSPS) is 10.2. The zero-order chi connectivity index (χ0) is 12.4. The number of aryl methyl sites for hydroxylation is 1.